The summed E-state index contributed by atoms with van der Waals surface area (Å²) in [5, 5.41) is 0. The molecule has 0 spiro atoms. The Kier molecular flexibility index (Phi) is 55.5. The molecular weight excluding hydrogens is 1070 g/mol. The second-order valence-corrected chi connectivity index (χ2v) is 26.5. The van der Waals surface area contributed by atoms with Gasteiger partial charge in [0.15, 0.2) is 6.10 Å². The monoisotopic (exact) mass is 1190 g/mol. The highest BCUT2D eigenvalue weighted by Gasteiger charge is 2.28. The van der Waals surface area contributed by atoms with Gasteiger partial charge in [-0.1, -0.05) is 181 Å². The number of hydrogen-bond acceptors (Lipinski definition) is 14. The average molecular weight is 1190 g/mol. The molecule has 0 aromatic carbocycles. The van der Waals surface area contributed by atoms with Crippen molar-refractivity contribution in [2.75, 3.05) is 108 Å². The van der Waals surface area contributed by atoms with Crippen LogP contribution >= 0.6 is 15.6 Å². The van der Waals surface area contributed by atoms with E-state index in [0.29, 0.717) is 67.6 Å². The molecule has 0 saturated heterocycles. The summed E-state index contributed by atoms with van der Waals surface area (Å²) in [6, 6.07) is 0. The predicted molar refractivity (Wildman–Crippen MR) is 320 cm³/mol. The topological polar surface area (TPSA) is 217 Å². The van der Waals surface area contributed by atoms with Crippen LogP contribution in [0.1, 0.15) is 245 Å². The second-order valence-electron chi connectivity index (χ2n) is 23.6. The van der Waals surface area contributed by atoms with E-state index in [1.165, 1.54) is 148 Å². The lowest BCUT2D eigenvalue weighted by Gasteiger charge is -2.24. The third-order valence-electron chi connectivity index (χ3n) is 13.3. The Morgan fingerprint density at radius 3 is 1.18 bits per heavy atom. The van der Waals surface area contributed by atoms with E-state index >= 15 is 0 Å². The van der Waals surface area contributed by atoms with Crippen LogP contribution in [-0.2, 0) is 65.4 Å². The lowest BCUT2D eigenvalue weighted by Crippen LogP contribution is -2.37. The van der Waals surface area contributed by atoms with E-state index in [0.717, 1.165) is 57.5 Å². The van der Waals surface area contributed by atoms with E-state index in [9.17, 15) is 38.1 Å². The molecule has 0 aliphatic heterocycles. The number of unbranched alkanes of at least 4 members (excludes halogenated alkanes) is 30. The third-order valence-corrected chi connectivity index (χ3v) is 15.3. The van der Waals surface area contributed by atoms with Gasteiger partial charge in [-0.2, -0.15) is 0 Å². The molecule has 0 aliphatic rings. The van der Waals surface area contributed by atoms with Gasteiger partial charge in [0.05, 0.1) is 62.1 Å². The zero-order valence-electron chi connectivity index (χ0n) is 52.2. The summed E-state index contributed by atoms with van der Waals surface area (Å²) in [4.78, 5) is 65.4. The number of quaternary nitrogens is 2. The zero-order valence-corrected chi connectivity index (χ0v) is 54.0. The quantitative estimate of drug-likeness (QED) is 0.0190. The van der Waals surface area contributed by atoms with Crippen LogP contribution < -0.4 is 0 Å². The van der Waals surface area contributed by atoms with Crippen LogP contribution in [0.3, 0.4) is 0 Å². The Morgan fingerprint density at radius 1 is 0.412 bits per heavy atom. The first-order chi connectivity index (χ1) is 38.2. The molecule has 4 unspecified atom stereocenters. The molecule has 0 saturated carbocycles. The number of ether oxygens (including phenoxy) is 4. The summed E-state index contributed by atoms with van der Waals surface area (Å²) in [6.45, 7) is 6.30. The number of carbonyl (C=O) groups excluding carboxylic acids is 4. The predicted octanol–water partition coefficient (Wildman–Crippen LogP) is 14.0. The molecule has 0 fully saturated rings. The molecule has 0 aromatic rings. The molecule has 0 aromatic heterocycles. The van der Waals surface area contributed by atoms with Gasteiger partial charge in [-0.15, -0.1) is 0 Å². The van der Waals surface area contributed by atoms with Crippen LogP contribution in [-0.4, -0.2) is 164 Å². The fourth-order valence-corrected chi connectivity index (χ4v) is 9.69. The van der Waals surface area contributed by atoms with Gasteiger partial charge in [-0.25, -0.2) is 9.13 Å². The van der Waals surface area contributed by atoms with Crippen molar-refractivity contribution in [1.29, 1.82) is 0 Å². The van der Waals surface area contributed by atoms with Gasteiger partial charge >= 0.3 is 27.6 Å². The van der Waals surface area contributed by atoms with Crippen molar-refractivity contribution >= 4 is 40.2 Å². The maximum absolute atomic E-state index is 12.3. The van der Waals surface area contributed by atoms with Gasteiger partial charge in [-0.3, -0.25) is 27.7 Å². The van der Waals surface area contributed by atoms with Crippen LogP contribution in [0.25, 0.3) is 0 Å². The van der Waals surface area contributed by atoms with Crippen LogP contribution in [0, 0.1) is 0 Å². The Hall–Kier alpha value is -1.66. The van der Waals surface area contributed by atoms with Crippen molar-refractivity contribution in [3.8, 4) is 0 Å². The Balaban J connectivity index is 0. The first-order valence-corrected chi connectivity index (χ1v) is 34.4. The maximum atomic E-state index is 12.3. The lowest BCUT2D eigenvalue weighted by molar-refractivity contribution is -0.870. The number of nitrogens with zero attached hydrogens (tertiary/aromatic N) is 2. The summed E-state index contributed by atoms with van der Waals surface area (Å²) in [5.41, 5.74) is 0. The van der Waals surface area contributed by atoms with Crippen LogP contribution in [0.15, 0.2) is 0 Å². The van der Waals surface area contributed by atoms with Crippen molar-refractivity contribution in [2.24, 2.45) is 0 Å². The van der Waals surface area contributed by atoms with E-state index in [2.05, 4.69) is 13.8 Å². The minimum Gasteiger partial charge on any atom is -0.462 e. The van der Waals surface area contributed by atoms with E-state index in [4.69, 9.17) is 37.0 Å². The normalized spacial score (nSPS) is 14.1. The zero-order chi connectivity index (χ0) is 59.9. The molecule has 80 heavy (non-hydrogen) atoms. The van der Waals surface area contributed by atoms with Gasteiger partial charge in [0.2, 0.25) is 0 Å². The summed E-state index contributed by atoms with van der Waals surface area (Å²) >= 11 is 0. The largest absolute Gasteiger partial charge is 0.472 e. The first kappa shape index (κ1) is 80.4. The average Bonchev–Trinajstić information content (AvgIpc) is 3.38. The molecule has 0 rings (SSSR count). The van der Waals surface area contributed by atoms with Crippen LogP contribution in [0.5, 0.6) is 0 Å². The van der Waals surface area contributed by atoms with Gasteiger partial charge < -0.3 is 47.3 Å². The molecule has 0 heterocycles. The van der Waals surface area contributed by atoms with Gasteiger partial charge in [-0.05, 0) is 38.5 Å². The van der Waals surface area contributed by atoms with Crippen molar-refractivity contribution in [1.82, 2.24) is 0 Å². The van der Waals surface area contributed by atoms with E-state index in [1.807, 2.05) is 42.3 Å². The summed E-state index contributed by atoms with van der Waals surface area (Å²) in [7, 11) is 3.18. The first-order valence-electron chi connectivity index (χ1n) is 31.5. The highest BCUT2D eigenvalue weighted by molar-refractivity contribution is 7.47. The summed E-state index contributed by atoms with van der Waals surface area (Å²) in [6.07, 6.45) is 39.5. The van der Waals surface area contributed by atoms with E-state index < -0.39 is 46.4 Å². The maximum Gasteiger partial charge on any atom is 0.472 e. The Morgan fingerprint density at radius 2 is 0.762 bits per heavy atom. The number of phosphoric acid groups is 2. The molecule has 0 amide bonds. The molecule has 476 valence electrons. The number of hydrogen-bond donors (Lipinski definition) is 2. The van der Waals surface area contributed by atoms with Crippen molar-refractivity contribution in [3.63, 3.8) is 0 Å². The molecule has 2 N–H and O–H groups in total. The fourth-order valence-electron chi connectivity index (χ4n) is 8.21. The third kappa shape index (κ3) is 63.9. The second kappa shape index (κ2) is 55.2. The molecular formula is C60H122N2O16P2+2. The smallest absolute Gasteiger partial charge is 0.462 e. The summed E-state index contributed by atoms with van der Waals surface area (Å²) < 4.78 is 68.2. The minimum atomic E-state index is -4.38. The molecule has 18 nitrogen and oxygen atoms in total. The SMILES string of the molecule is CCCCCCCCCCCCCCCCC(=O)OCC(COP(=O)(O)OCC[N+](C)(C)C)OC(=O)CCCCC=O.CCCCCCCCCCCCCCCCOCC(COP(=O)(O)OCC[N+](C)(C)C)OCCCCC=O. The minimum absolute atomic E-state index is 0.00659. The molecule has 4 atom stereocenters. The fraction of sp³-hybridized carbons (Fsp3) is 0.933. The Labute approximate surface area is 487 Å². The van der Waals surface area contributed by atoms with Gasteiger partial charge in [0.1, 0.15) is 51.6 Å². The standard InChI is InChI=1S/C31H60NO9P.C29H60NO7P/c1-5-6-7-8-9-10-11-12-13-14-15-16-17-19-22-30(34)38-27-29(41-31(35)23-20-18-21-25-33)28-40-42(36,37)39-26-24-32(2,3)4;1-5-6-7-8-9-10-11-12-13-14-15-16-17-20-24-34-27-29(35-25-21-18-19-23-31)28-37-38(32,33)36-26-22-30(2,3)4/h25,29H,5-24,26-28H2,1-4H3;23,29H,5-22,24-28H2,1-4H3/p+2. The van der Waals surface area contributed by atoms with E-state index in [1.54, 1.807) is 0 Å². The van der Waals surface area contributed by atoms with Crippen molar-refractivity contribution in [3.05, 3.63) is 0 Å². The number of phosphoric ester groups is 2. The van der Waals surface area contributed by atoms with Crippen molar-refractivity contribution < 1.29 is 84.1 Å². The van der Waals surface area contributed by atoms with E-state index in [-0.39, 0.29) is 39.3 Å². The highest BCUT2D eigenvalue weighted by atomic mass is 31.2. The van der Waals surface area contributed by atoms with Crippen LogP contribution in [0.4, 0.5) is 0 Å². The number of esters is 2. The Bertz CT molecular complexity index is 1530. The molecule has 20 heteroatoms. The summed E-state index contributed by atoms with van der Waals surface area (Å²) in [5.74, 6) is -0.969. The molecule has 0 aliphatic carbocycles. The van der Waals surface area contributed by atoms with Gasteiger partial charge in [0, 0.05) is 38.9 Å². The number of aldehydes is 2. The number of likely N-dealkylation sites (N-methyl/N-ethyl adjacent to an activating group) is 2. The number of rotatable bonds is 60. The van der Waals surface area contributed by atoms with Crippen LogP contribution in [0.2, 0.25) is 0 Å². The lowest BCUT2D eigenvalue weighted by atomic mass is 10.0. The molecule has 0 radical (unpaired) electrons. The number of carbonyl (C=O) groups is 4. The van der Waals surface area contributed by atoms with Gasteiger partial charge in [0.25, 0.3) is 0 Å². The molecule has 0 bridgehead atoms. The highest BCUT2D eigenvalue weighted by Crippen LogP contribution is 2.44. The van der Waals surface area contributed by atoms with Crippen molar-refractivity contribution in [2.45, 2.75) is 257 Å².